The molecule has 0 unspecified atom stereocenters. The molecule has 4 nitrogen and oxygen atoms in total. The summed E-state index contributed by atoms with van der Waals surface area (Å²) >= 11 is 1.40. The van der Waals surface area contributed by atoms with Crippen molar-refractivity contribution in [1.82, 2.24) is 4.90 Å². The Bertz CT molecular complexity index is 519. The van der Waals surface area contributed by atoms with Crippen LogP contribution in [0.4, 0.5) is 0 Å². The quantitative estimate of drug-likeness (QED) is 0.845. The van der Waals surface area contributed by atoms with Crippen molar-refractivity contribution in [2.75, 3.05) is 19.7 Å². The molecule has 0 spiro atoms. The lowest BCUT2D eigenvalue weighted by Crippen LogP contribution is -2.48. The summed E-state index contributed by atoms with van der Waals surface area (Å²) < 4.78 is 5.64. The third-order valence-corrected chi connectivity index (χ3v) is 3.96. The lowest BCUT2D eigenvalue weighted by atomic mass is 10.2. The molecule has 1 fully saturated rings. The molecule has 0 aromatic carbocycles. The molecule has 0 saturated carbocycles. The van der Waals surface area contributed by atoms with Gasteiger partial charge in [-0.2, -0.15) is 0 Å². The van der Waals surface area contributed by atoms with Crippen molar-refractivity contribution >= 4 is 17.2 Å². The summed E-state index contributed by atoms with van der Waals surface area (Å²) in [5, 5.41) is 8.69. The molecular formula is C15H19NO3S. The monoisotopic (exact) mass is 293 g/mol. The Kier molecular flexibility index (Phi) is 5.18. The molecule has 1 N–H and O–H groups in total. The van der Waals surface area contributed by atoms with E-state index in [9.17, 15) is 4.79 Å². The maximum absolute atomic E-state index is 12.4. The fourth-order valence-corrected chi connectivity index (χ4v) is 3.07. The van der Waals surface area contributed by atoms with E-state index in [4.69, 9.17) is 9.84 Å². The first-order valence-corrected chi connectivity index (χ1v) is 7.56. The summed E-state index contributed by atoms with van der Waals surface area (Å²) in [4.78, 5) is 15.8. The van der Waals surface area contributed by atoms with Crippen LogP contribution < -0.4 is 0 Å². The standard InChI is InChI=1S/C15H19NO3S/c1-11-9-16(10-12(2)19-11)15(18)14-7-6-13(20-14)5-3-4-8-17/h6-7,11-12,17H,4,8-10H2,1-2H3/t11-,12+. The van der Waals surface area contributed by atoms with Crippen LogP contribution in [0.15, 0.2) is 12.1 Å². The Morgan fingerprint density at radius 2 is 2.15 bits per heavy atom. The largest absolute Gasteiger partial charge is 0.395 e. The van der Waals surface area contributed by atoms with Gasteiger partial charge in [-0.15, -0.1) is 11.3 Å². The van der Waals surface area contributed by atoms with Gasteiger partial charge in [0.25, 0.3) is 5.91 Å². The lowest BCUT2D eigenvalue weighted by Gasteiger charge is -2.35. The Morgan fingerprint density at radius 3 is 2.80 bits per heavy atom. The van der Waals surface area contributed by atoms with E-state index in [1.165, 1.54) is 11.3 Å². The van der Waals surface area contributed by atoms with E-state index in [-0.39, 0.29) is 24.7 Å². The topological polar surface area (TPSA) is 49.8 Å². The van der Waals surface area contributed by atoms with E-state index >= 15 is 0 Å². The number of hydrogen-bond acceptors (Lipinski definition) is 4. The van der Waals surface area contributed by atoms with Gasteiger partial charge in [0.1, 0.15) is 0 Å². The Morgan fingerprint density at radius 1 is 1.45 bits per heavy atom. The Labute approximate surface area is 123 Å². The van der Waals surface area contributed by atoms with Crippen molar-refractivity contribution in [2.24, 2.45) is 0 Å². The summed E-state index contributed by atoms with van der Waals surface area (Å²) in [6, 6.07) is 3.68. The van der Waals surface area contributed by atoms with Crippen LogP contribution in [0.25, 0.3) is 0 Å². The van der Waals surface area contributed by atoms with E-state index in [2.05, 4.69) is 11.8 Å². The number of carbonyl (C=O) groups excluding carboxylic acids is 1. The lowest BCUT2D eigenvalue weighted by molar-refractivity contribution is -0.0585. The maximum Gasteiger partial charge on any atom is 0.264 e. The van der Waals surface area contributed by atoms with Gasteiger partial charge in [0.15, 0.2) is 0 Å². The Balaban J connectivity index is 2.04. The third kappa shape index (κ3) is 3.83. The van der Waals surface area contributed by atoms with Gasteiger partial charge in [-0.3, -0.25) is 4.79 Å². The summed E-state index contributed by atoms with van der Waals surface area (Å²) in [5.41, 5.74) is 0. The van der Waals surface area contributed by atoms with Gasteiger partial charge in [-0.05, 0) is 26.0 Å². The SMILES string of the molecule is C[C@@H]1CN(C(=O)c2ccc(C#CCCO)s2)C[C@H](C)O1. The molecule has 20 heavy (non-hydrogen) atoms. The molecular weight excluding hydrogens is 274 g/mol. The predicted octanol–water partition coefficient (Wildman–Crippen LogP) is 1.73. The van der Waals surface area contributed by atoms with Gasteiger partial charge in [0.2, 0.25) is 0 Å². The number of thiophene rings is 1. The van der Waals surface area contributed by atoms with Gasteiger partial charge in [0.05, 0.1) is 28.6 Å². The van der Waals surface area contributed by atoms with Crippen LogP contribution in [0.1, 0.15) is 34.8 Å². The highest BCUT2D eigenvalue weighted by molar-refractivity contribution is 7.14. The van der Waals surface area contributed by atoms with Gasteiger partial charge in [-0.25, -0.2) is 0 Å². The second-order valence-electron chi connectivity index (χ2n) is 4.91. The maximum atomic E-state index is 12.4. The van der Waals surface area contributed by atoms with Gasteiger partial charge >= 0.3 is 0 Å². The van der Waals surface area contributed by atoms with Crippen LogP contribution in [0.3, 0.4) is 0 Å². The average molecular weight is 293 g/mol. The van der Waals surface area contributed by atoms with Crippen LogP contribution in [-0.2, 0) is 4.74 Å². The van der Waals surface area contributed by atoms with Crippen molar-refractivity contribution in [2.45, 2.75) is 32.5 Å². The predicted molar refractivity (Wildman–Crippen MR) is 78.8 cm³/mol. The molecule has 1 amide bonds. The number of hydrogen-bond donors (Lipinski definition) is 1. The summed E-state index contributed by atoms with van der Waals surface area (Å²) in [7, 11) is 0. The normalized spacial score (nSPS) is 22.2. The van der Waals surface area contributed by atoms with Gasteiger partial charge in [-0.1, -0.05) is 11.8 Å². The van der Waals surface area contributed by atoms with Crippen molar-refractivity contribution in [3.8, 4) is 11.8 Å². The number of rotatable bonds is 2. The highest BCUT2D eigenvalue weighted by atomic mass is 32.1. The number of amides is 1. The minimum Gasteiger partial charge on any atom is -0.395 e. The van der Waals surface area contributed by atoms with Crippen LogP contribution in [-0.4, -0.2) is 47.8 Å². The van der Waals surface area contributed by atoms with Crippen LogP contribution >= 0.6 is 11.3 Å². The molecule has 0 aliphatic carbocycles. The van der Waals surface area contributed by atoms with Crippen LogP contribution in [0.2, 0.25) is 0 Å². The first-order valence-electron chi connectivity index (χ1n) is 6.74. The first kappa shape index (κ1) is 15.0. The number of nitrogens with zero attached hydrogens (tertiary/aromatic N) is 1. The molecule has 5 heteroatoms. The second-order valence-corrected chi connectivity index (χ2v) is 5.99. The van der Waals surface area contributed by atoms with E-state index in [0.717, 1.165) is 4.88 Å². The third-order valence-electron chi connectivity index (χ3n) is 2.97. The second kappa shape index (κ2) is 6.89. The molecule has 1 saturated heterocycles. The minimum atomic E-state index is 0.0483. The van der Waals surface area contributed by atoms with E-state index < -0.39 is 0 Å². The number of aliphatic hydroxyl groups is 1. The fourth-order valence-electron chi connectivity index (χ4n) is 2.23. The van der Waals surface area contributed by atoms with Crippen molar-refractivity contribution < 1.29 is 14.6 Å². The van der Waals surface area contributed by atoms with E-state index in [1.54, 1.807) is 0 Å². The fraction of sp³-hybridized carbons (Fsp3) is 0.533. The molecule has 1 aromatic heterocycles. The molecule has 108 valence electrons. The molecule has 1 aromatic rings. The minimum absolute atomic E-state index is 0.0483. The van der Waals surface area contributed by atoms with Crippen molar-refractivity contribution in [3.05, 3.63) is 21.9 Å². The molecule has 1 aliphatic heterocycles. The zero-order valence-electron chi connectivity index (χ0n) is 11.8. The zero-order chi connectivity index (χ0) is 14.5. The van der Waals surface area contributed by atoms with Crippen LogP contribution in [0, 0.1) is 11.8 Å². The smallest absolute Gasteiger partial charge is 0.264 e. The first-order chi connectivity index (χ1) is 9.60. The molecule has 2 atom stereocenters. The summed E-state index contributed by atoms with van der Waals surface area (Å²) in [5.74, 6) is 5.87. The van der Waals surface area contributed by atoms with Gasteiger partial charge < -0.3 is 14.7 Å². The zero-order valence-corrected chi connectivity index (χ0v) is 12.6. The highest BCUT2D eigenvalue weighted by Crippen LogP contribution is 2.20. The summed E-state index contributed by atoms with van der Waals surface area (Å²) in [6.07, 6.45) is 0.609. The summed E-state index contributed by atoms with van der Waals surface area (Å²) in [6.45, 7) is 5.29. The molecule has 2 heterocycles. The molecule has 0 radical (unpaired) electrons. The van der Waals surface area contributed by atoms with E-state index in [1.807, 2.05) is 30.9 Å². The Hall–Kier alpha value is -1.35. The molecule has 0 bridgehead atoms. The molecule has 2 rings (SSSR count). The number of carbonyl (C=O) groups is 1. The number of aliphatic hydroxyl groups excluding tert-OH is 1. The van der Waals surface area contributed by atoms with Gasteiger partial charge in [0, 0.05) is 19.5 Å². The van der Waals surface area contributed by atoms with Crippen molar-refractivity contribution in [3.63, 3.8) is 0 Å². The van der Waals surface area contributed by atoms with Crippen molar-refractivity contribution in [1.29, 1.82) is 0 Å². The van der Waals surface area contributed by atoms with Crippen LogP contribution in [0.5, 0.6) is 0 Å². The number of morpholine rings is 1. The molecule has 1 aliphatic rings. The highest BCUT2D eigenvalue weighted by Gasteiger charge is 2.27. The average Bonchev–Trinajstić information content (AvgIpc) is 2.86. The van der Waals surface area contributed by atoms with E-state index in [0.29, 0.717) is 24.4 Å². The number of ether oxygens (including phenoxy) is 1.